The van der Waals surface area contributed by atoms with Crippen molar-refractivity contribution in [2.75, 3.05) is 10.6 Å². The maximum Gasteiger partial charge on any atom is 0.237 e. The molecule has 154 valence electrons. The number of nitrogens with one attached hydrogen (secondary N) is 2. The van der Waals surface area contributed by atoms with Gasteiger partial charge in [0, 0.05) is 22.0 Å². The molecule has 9 heteroatoms. The third-order valence-corrected chi connectivity index (χ3v) is 8.23. The Bertz CT molecular complexity index is 1090. The predicted octanol–water partition coefficient (Wildman–Crippen LogP) is 4.27. The van der Waals surface area contributed by atoms with E-state index in [0.29, 0.717) is 16.4 Å². The van der Waals surface area contributed by atoms with E-state index in [1.807, 2.05) is 6.92 Å². The van der Waals surface area contributed by atoms with Crippen LogP contribution in [0.3, 0.4) is 0 Å². The standard InChI is InChI=1S/C20H21ClN2O4S2/c1-11-8-14(21)4-6-16(11)22-19(24)9-12(2)29(26,27)15-5-7-18-17(10-15)23-20(25)13(3)28-18/h4-8,10,12-13H,9H2,1-3H3,(H,22,24)(H,23,25)/t12-,13+/m0/s1. The first kappa shape index (κ1) is 21.7. The summed E-state index contributed by atoms with van der Waals surface area (Å²) < 4.78 is 25.9. The summed E-state index contributed by atoms with van der Waals surface area (Å²) in [5.74, 6) is -0.565. The number of carbonyl (C=O) groups is 2. The number of thioether (sulfide) groups is 1. The van der Waals surface area contributed by atoms with Crippen LogP contribution in [0.15, 0.2) is 46.2 Å². The van der Waals surface area contributed by atoms with Crippen LogP contribution in [0.4, 0.5) is 11.4 Å². The SMILES string of the molecule is Cc1cc(Cl)ccc1NC(=O)C[C@H](C)S(=O)(=O)c1ccc2c(c1)NC(=O)[C@@H](C)S2. The molecular weight excluding hydrogens is 432 g/mol. The second-order valence-corrected chi connectivity index (χ2v) is 11.2. The Hall–Kier alpha value is -2.03. The number of carbonyl (C=O) groups excluding carboxylic acids is 2. The molecule has 1 aliphatic heterocycles. The number of aryl methyl sites for hydroxylation is 1. The van der Waals surface area contributed by atoms with E-state index in [0.717, 1.165) is 10.5 Å². The van der Waals surface area contributed by atoms with Gasteiger partial charge in [0.1, 0.15) is 0 Å². The van der Waals surface area contributed by atoms with Gasteiger partial charge in [-0.2, -0.15) is 0 Å². The summed E-state index contributed by atoms with van der Waals surface area (Å²) in [7, 11) is -3.75. The minimum absolute atomic E-state index is 0.0784. The Kier molecular flexibility index (Phi) is 6.26. The van der Waals surface area contributed by atoms with Gasteiger partial charge in [-0.3, -0.25) is 9.59 Å². The molecule has 0 radical (unpaired) electrons. The number of sulfone groups is 1. The molecule has 0 saturated carbocycles. The van der Waals surface area contributed by atoms with Gasteiger partial charge >= 0.3 is 0 Å². The highest BCUT2D eigenvalue weighted by molar-refractivity contribution is 8.01. The number of benzene rings is 2. The second kappa shape index (κ2) is 8.38. The molecule has 3 rings (SSSR count). The second-order valence-electron chi connectivity index (χ2n) is 6.97. The molecule has 6 nitrogen and oxygen atoms in total. The topological polar surface area (TPSA) is 92.3 Å². The van der Waals surface area contributed by atoms with Crippen molar-refractivity contribution >= 4 is 56.4 Å². The molecule has 1 aliphatic rings. The van der Waals surface area contributed by atoms with Crippen LogP contribution < -0.4 is 10.6 Å². The first-order valence-electron chi connectivity index (χ1n) is 8.99. The van der Waals surface area contributed by atoms with Crippen LogP contribution in [0, 0.1) is 6.92 Å². The Balaban J connectivity index is 1.74. The summed E-state index contributed by atoms with van der Waals surface area (Å²) >= 11 is 7.29. The monoisotopic (exact) mass is 452 g/mol. The number of rotatable bonds is 5. The molecule has 29 heavy (non-hydrogen) atoms. The average molecular weight is 453 g/mol. The van der Waals surface area contributed by atoms with Crippen molar-refractivity contribution in [3.63, 3.8) is 0 Å². The van der Waals surface area contributed by atoms with Crippen molar-refractivity contribution in [1.29, 1.82) is 0 Å². The molecule has 2 aromatic carbocycles. The number of halogens is 1. The normalized spacial score (nSPS) is 17.2. The van der Waals surface area contributed by atoms with Crippen molar-refractivity contribution in [3.05, 3.63) is 47.0 Å². The molecule has 0 aromatic heterocycles. The molecule has 0 fully saturated rings. The van der Waals surface area contributed by atoms with Crippen LogP contribution in [0.1, 0.15) is 25.8 Å². The van der Waals surface area contributed by atoms with Gasteiger partial charge in [-0.25, -0.2) is 8.42 Å². The third-order valence-electron chi connectivity index (χ3n) is 4.68. The highest BCUT2D eigenvalue weighted by atomic mass is 35.5. The molecule has 2 aromatic rings. The zero-order valence-corrected chi connectivity index (χ0v) is 18.5. The molecule has 0 aliphatic carbocycles. The third kappa shape index (κ3) is 4.76. The molecule has 2 atom stereocenters. The van der Waals surface area contributed by atoms with Gasteiger partial charge in [0.2, 0.25) is 11.8 Å². The van der Waals surface area contributed by atoms with Crippen molar-refractivity contribution in [1.82, 2.24) is 0 Å². The average Bonchev–Trinajstić information content (AvgIpc) is 2.64. The van der Waals surface area contributed by atoms with Gasteiger partial charge < -0.3 is 10.6 Å². The van der Waals surface area contributed by atoms with Gasteiger partial charge in [0.05, 0.1) is 21.1 Å². The molecule has 1 heterocycles. The molecule has 2 amide bonds. The van der Waals surface area contributed by atoms with Crippen molar-refractivity contribution < 1.29 is 18.0 Å². The van der Waals surface area contributed by atoms with Crippen LogP contribution in [0.5, 0.6) is 0 Å². The lowest BCUT2D eigenvalue weighted by molar-refractivity contribution is -0.116. The fourth-order valence-corrected chi connectivity index (χ4v) is 5.47. The highest BCUT2D eigenvalue weighted by Gasteiger charge is 2.29. The maximum absolute atomic E-state index is 12.9. The lowest BCUT2D eigenvalue weighted by Crippen LogP contribution is -2.27. The van der Waals surface area contributed by atoms with E-state index in [1.165, 1.54) is 30.8 Å². The largest absolute Gasteiger partial charge is 0.326 e. The summed E-state index contributed by atoms with van der Waals surface area (Å²) in [6, 6.07) is 9.72. The fraction of sp³-hybridized carbons (Fsp3) is 0.300. The van der Waals surface area contributed by atoms with Gasteiger partial charge in [-0.05, 0) is 62.7 Å². The molecular formula is C20H21ClN2O4S2. The Morgan fingerprint density at radius 3 is 2.69 bits per heavy atom. The molecule has 0 spiro atoms. The van der Waals surface area contributed by atoms with Crippen molar-refractivity contribution in [3.8, 4) is 0 Å². The highest BCUT2D eigenvalue weighted by Crippen LogP contribution is 2.37. The summed E-state index contributed by atoms with van der Waals surface area (Å²) in [5, 5.41) is 4.86. The quantitative estimate of drug-likeness (QED) is 0.706. The number of hydrogen-bond donors (Lipinski definition) is 2. The van der Waals surface area contributed by atoms with Crippen molar-refractivity contribution in [2.24, 2.45) is 0 Å². The van der Waals surface area contributed by atoms with E-state index in [-0.39, 0.29) is 22.5 Å². The van der Waals surface area contributed by atoms with E-state index < -0.39 is 21.0 Å². The minimum atomic E-state index is -3.75. The van der Waals surface area contributed by atoms with E-state index >= 15 is 0 Å². The molecule has 0 saturated heterocycles. The van der Waals surface area contributed by atoms with E-state index in [9.17, 15) is 18.0 Å². The number of fused-ring (bicyclic) bond motifs is 1. The smallest absolute Gasteiger partial charge is 0.237 e. The van der Waals surface area contributed by atoms with Gasteiger partial charge in [-0.15, -0.1) is 11.8 Å². The van der Waals surface area contributed by atoms with Crippen LogP contribution in [0.25, 0.3) is 0 Å². The van der Waals surface area contributed by atoms with Gasteiger partial charge in [-0.1, -0.05) is 11.6 Å². The van der Waals surface area contributed by atoms with Crippen LogP contribution in [-0.4, -0.2) is 30.7 Å². The summed E-state index contributed by atoms with van der Waals surface area (Å²) in [5.41, 5.74) is 1.86. The first-order valence-corrected chi connectivity index (χ1v) is 11.8. The van der Waals surface area contributed by atoms with Crippen LogP contribution in [0.2, 0.25) is 5.02 Å². The van der Waals surface area contributed by atoms with Gasteiger partial charge in [0.25, 0.3) is 0 Å². The number of anilines is 2. The Morgan fingerprint density at radius 1 is 1.28 bits per heavy atom. The maximum atomic E-state index is 12.9. The van der Waals surface area contributed by atoms with Crippen LogP contribution in [-0.2, 0) is 19.4 Å². The molecule has 0 unspecified atom stereocenters. The van der Waals surface area contributed by atoms with E-state index in [4.69, 9.17) is 11.6 Å². The lowest BCUT2D eigenvalue weighted by atomic mass is 10.2. The zero-order valence-electron chi connectivity index (χ0n) is 16.2. The Labute approximate surface area is 179 Å². The minimum Gasteiger partial charge on any atom is -0.326 e. The van der Waals surface area contributed by atoms with E-state index in [2.05, 4.69) is 10.6 Å². The number of amides is 2. The van der Waals surface area contributed by atoms with Gasteiger partial charge in [0.15, 0.2) is 9.84 Å². The van der Waals surface area contributed by atoms with Crippen molar-refractivity contribution in [2.45, 2.75) is 47.5 Å². The Morgan fingerprint density at radius 2 is 2.00 bits per heavy atom. The number of hydrogen-bond acceptors (Lipinski definition) is 5. The molecule has 0 bridgehead atoms. The lowest BCUT2D eigenvalue weighted by Gasteiger charge is -2.22. The summed E-state index contributed by atoms with van der Waals surface area (Å²) in [6.07, 6.45) is -0.195. The van der Waals surface area contributed by atoms with E-state index in [1.54, 1.807) is 31.2 Å². The predicted molar refractivity (Wildman–Crippen MR) is 116 cm³/mol. The van der Waals surface area contributed by atoms with Crippen LogP contribution >= 0.6 is 23.4 Å². The molecule has 2 N–H and O–H groups in total. The summed E-state index contributed by atoms with van der Waals surface area (Å²) in [4.78, 5) is 25.2. The summed E-state index contributed by atoms with van der Waals surface area (Å²) in [6.45, 7) is 5.09. The first-order chi connectivity index (χ1) is 13.6. The fourth-order valence-electron chi connectivity index (χ4n) is 2.94. The zero-order chi connectivity index (χ0) is 21.3.